The lowest BCUT2D eigenvalue weighted by Gasteiger charge is -2.24. The van der Waals surface area contributed by atoms with E-state index in [9.17, 15) is 9.59 Å². The van der Waals surface area contributed by atoms with Crippen LogP contribution in [0, 0.1) is 0 Å². The van der Waals surface area contributed by atoms with E-state index in [1.807, 2.05) is 71.6 Å². The molecule has 0 bridgehead atoms. The molecule has 0 atom stereocenters. The highest BCUT2D eigenvalue weighted by molar-refractivity contribution is 7.99. The number of nitrogens with one attached hydrogen (secondary N) is 1. The van der Waals surface area contributed by atoms with Crippen LogP contribution in [0.4, 0.5) is 10.5 Å². The Hall–Kier alpha value is -3.25. The predicted octanol–water partition coefficient (Wildman–Crippen LogP) is 7.19. The van der Waals surface area contributed by atoms with Crippen molar-refractivity contribution in [3.8, 4) is 0 Å². The second kappa shape index (κ2) is 15.0. The van der Waals surface area contributed by atoms with Crippen molar-refractivity contribution in [3.05, 3.63) is 90.0 Å². The van der Waals surface area contributed by atoms with E-state index < -0.39 is 5.97 Å². The van der Waals surface area contributed by atoms with Gasteiger partial charge in [0.1, 0.15) is 0 Å². The van der Waals surface area contributed by atoms with Gasteiger partial charge in [-0.2, -0.15) is 0 Å². The molecular formula is C30H36N2O3S. The van der Waals surface area contributed by atoms with Crippen LogP contribution >= 0.6 is 11.8 Å². The zero-order chi connectivity index (χ0) is 25.6. The van der Waals surface area contributed by atoms with Crippen molar-refractivity contribution in [3.63, 3.8) is 0 Å². The van der Waals surface area contributed by atoms with Gasteiger partial charge in [-0.15, -0.1) is 0 Å². The number of carboxylic acid groups (broad SMARTS) is 1. The molecular weight excluding hydrogens is 468 g/mol. The standard InChI is InChI=1S/C30H36N2O3S/c1-2-3-4-5-9-21-31-30(35)32(22-20-24-10-7-6-8-11-24)26-14-18-28(19-15-26)36-27-16-12-25(13-17-27)23-29(33)34/h6-8,10-19H,2-5,9,20-23H2,1H3,(H,31,35)(H,33,34). The van der Waals surface area contributed by atoms with Gasteiger partial charge in [-0.05, 0) is 60.4 Å². The van der Waals surface area contributed by atoms with Gasteiger partial charge in [-0.25, -0.2) is 4.79 Å². The van der Waals surface area contributed by atoms with Crippen LogP contribution in [-0.2, 0) is 17.6 Å². The zero-order valence-corrected chi connectivity index (χ0v) is 21.8. The lowest BCUT2D eigenvalue weighted by molar-refractivity contribution is -0.136. The average molecular weight is 505 g/mol. The van der Waals surface area contributed by atoms with E-state index in [1.165, 1.54) is 24.8 Å². The summed E-state index contributed by atoms with van der Waals surface area (Å²) in [4.78, 5) is 27.9. The third-order valence-corrected chi connectivity index (χ3v) is 6.95. The Morgan fingerprint density at radius 3 is 2.08 bits per heavy atom. The molecule has 36 heavy (non-hydrogen) atoms. The zero-order valence-electron chi connectivity index (χ0n) is 21.0. The highest BCUT2D eigenvalue weighted by atomic mass is 32.2. The molecule has 0 aliphatic carbocycles. The topological polar surface area (TPSA) is 69.6 Å². The highest BCUT2D eigenvalue weighted by Crippen LogP contribution is 2.29. The molecule has 3 aromatic carbocycles. The van der Waals surface area contributed by atoms with Crippen LogP contribution in [-0.4, -0.2) is 30.2 Å². The summed E-state index contributed by atoms with van der Waals surface area (Å²) >= 11 is 1.61. The third-order valence-electron chi connectivity index (χ3n) is 5.93. The SMILES string of the molecule is CCCCCCCNC(=O)N(CCc1ccccc1)c1ccc(Sc2ccc(CC(=O)O)cc2)cc1. The minimum absolute atomic E-state index is 0.0270. The van der Waals surface area contributed by atoms with E-state index in [0.29, 0.717) is 13.1 Å². The molecule has 0 aromatic heterocycles. The summed E-state index contributed by atoms with van der Waals surface area (Å²) in [5.74, 6) is -0.830. The van der Waals surface area contributed by atoms with Gasteiger partial charge in [0.2, 0.25) is 0 Å². The number of benzene rings is 3. The van der Waals surface area contributed by atoms with E-state index in [0.717, 1.165) is 40.3 Å². The van der Waals surface area contributed by atoms with Crippen LogP contribution in [0.5, 0.6) is 0 Å². The molecule has 0 aliphatic rings. The number of carboxylic acids is 1. The molecule has 3 rings (SSSR count). The molecule has 0 radical (unpaired) electrons. The minimum Gasteiger partial charge on any atom is -0.481 e. The summed E-state index contributed by atoms with van der Waals surface area (Å²) in [6.07, 6.45) is 6.62. The molecule has 0 saturated heterocycles. The van der Waals surface area contributed by atoms with Crippen LogP contribution < -0.4 is 10.2 Å². The Morgan fingerprint density at radius 2 is 1.44 bits per heavy atom. The summed E-state index contributed by atoms with van der Waals surface area (Å²) < 4.78 is 0. The maximum Gasteiger partial charge on any atom is 0.321 e. The monoisotopic (exact) mass is 504 g/mol. The van der Waals surface area contributed by atoms with Gasteiger partial charge >= 0.3 is 12.0 Å². The molecule has 0 aliphatic heterocycles. The molecule has 3 aromatic rings. The molecule has 5 nitrogen and oxygen atoms in total. The number of hydrogen-bond acceptors (Lipinski definition) is 3. The number of carbonyl (C=O) groups excluding carboxylic acids is 1. The van der Waals surface area contributed by atoms with Gasteiger partial charge in [-0.1, -0.05) is 86.8 Å². The van der Waals surface area contributed by atoms with E-state index in [1.54, 1.807) is 11.8 Å². The van der Waals surface area contributed by atoms with Crippen molar-refractivity contribution in [2.24, 2.45) is 0 Å². The summed E-state index contributed by atoms with van der Waals surface area (Å²) in [5, 5.41) is 12.0. The normalized spacial score (nSPS) is 10.7. The number of unbranched alkanes of at least 4 members (excludes halogenated alkanes) is 4. The van der Waals surface area contributed by atoms with Crippen molar-refractivity contribution >= 4 is 29.4 Å². The van der Waals surface area contributed by atoms with Gasteiger partial charge in [0.25, 0.3) is 0 Å². The number of hydrogen-bond donors (Lipinski definition) is 2. The second-order valence-electron chi connectivity index (χ2n) is 8.84. The van der Waals surface area contributed by atoms with Gasteiger partial charge in [0.05, 0.1) is 6.42 Å². The first-order chi connectivity index (χ1) is 17.5. The van der Waals surface area contributed by atoms with Crippen molar-refractivity contribution in [2.75, 3.05) is 18.0 Å². The molecule has 0 spiro atoms. The maximum absolute atomic E-state index is 13.1. The number of rotatable bonds is 14. The first-order valence-corrected chi connectivity index (χ1v) is 13.5. The summed E-state index contributed by atoms with van der Waals surface area (Å²) in [6.45, 7) is 3.49. The fraction of sp³-hybridized carbons (Fsp3) is 0.333. The largest absolute Gasteiger partial charge is 0.481 e. The molecule has 0 unspecified atom stereocenters. The molecule has 6 heteroatoms. The first-order valence-electron chi connectivity index (χ1n) is 12.7. The summed E-state index contributed by atoms with van der Waals surface area (Å²) in [6, 6.07) is 25.8. The first kappa shape index (κ1) is 27.3. The number of anilines is 1. The van der Waals surface area contributed by atoms with Gasteiger partial charge in [-0.3, -0.25) is 9.69 Å². The van der Waals surface area contributed by atoms with Crippen molar-refractivity contribution in [2.45, 2.75) is 61.7 Å². The Bertz CT molecular complexity index is 1070. The smallest absolute Gasteiger partial charge is 0.321 e. The minimum atomic E-state index is -0.830. The Labute approximate surface area is 218 Å². The summed E-state index contributed by atoms with van der Waals surface area (Å²) in [7, 11) is 0. The second-order valence-corrected chi connectivity index (χ2v) is 9.99. The van der Waals surface area contributed by atoms with E-state index in [4.69, 9.17) is 5.11 Å². The van der Waals surface area contributed by atoms with Crippen LogP contribution in [0.3, 0.4) is 0 Å². The van der Waals surface area contributed by atoms with Gasteiger partial charge in [0, 0.05) is 28.6 Å². The van der Waals surface area contributed by atoms with Gasteiger partial charge in [0.15, 0.2) is 0 Å². The number of nitrogens with zero attached hydrogens (tertiary/aromatic N) is 1. The lowest BCUT2D eigenvalue weighted by atomic mass is 10.1. The van der Waals surface area contributed by atoms with Crippen LogP contribution in [0.25, 0.3) is 0 Å². The molecule has 0 saturated carbocycles. The van der Waals surface area contributed by atoms with E-state index in [2.05, 4.69) is 24.4 Å². The number of aliphatic carboxylic acids is 1. The molecule has 0 heterocycles. The van der Waals surface area contributed by atoms with Crippen LogP contribution in [0.1, 0.15) is 50.2 Å². The quantitative estimate of drug-likeness (QED) is 0.228. The summed E-state index contributed by atoms with van der Waals surface area (Å²) in [5.41, 5.74) is 2.86. The third kappa shape index (κ3) is 9.42. The molecule has 0 fully saturated rings. The van der Waals surface area contributed by atoms with Crippen LogP contribution in [0.15, 0.2) is 88.7 Å². The maximum atomic E-state index is 13.1. The average Bonchev–Trinajstić information content (AvgIpc) is 2.88. The van der Waals surface area contributed by atoms with E-state index >= 15 is 0 Å². The molecule has 190 valence electrons. The van der Waals surface area contributed by atoms with Crippen molar-refractivity contribution < 1.29 is 14.7 Å². The Morgan fingerprint density at radius 1 is 0.806 bits per heavy atom. The number of carbonyl (C=O) groups is 2. The number of amides is 2. The van der Waals surface area contributed by atoms with Crippen LogP contribution in [0.2, 0.25) is 0 Å². The fourth-order valence-corrected chi connectivity index (χ4v) is 4.75. The Kier molecular flexibility index (Phi) is 11.4. The van der Waals surface area contributed by atoms with Crippen molar-refractivity contribution in [1.29, 1.82) is 0 Å². The molecule has 2 N–H and O–H groups in total. The van der Waals surface area contributed by atoms with E-state index in [-0.39, 0.29) is 12.5 Å². The predicted molar refractivity (Wildman–Crippen MR) is 148 cm³/mol. The Balaban J connectivity index is 1.63. The fourth-order valence-electron chi connectivity index (χ4n) is 3.93. The number of urea groups is 1. The van der Waals surface area contributed by atoms with Gasteiger partial charge < -0.3 is 10.4 Å². The highest BCUT2D eigenvalue weighted by Gasteiger charge is 2.15. The molecule has 2 amide bonds. The lowest BCUT2D eigenvalue weighted by Crippen LogP contribution is -2.41. The van der Waals surface area contributed by atoms with Crippen molar-refractivity contribution in [1.82, 2.24) is 5.32 Å².